The summed E-state index contributed by atoms with van der Waals surface area (Å²) in [5.41, 5.74) is 1.21. The van der Waals surface area contributed by atoms with Gasteiger partial charge in [-0.2, -0.15) is 0 Å². The van der Waals surface area contributed by atoms with Crippen LogP contribution in [0, 0.1) is 29.6 Å². The van der Waals surface area contributed by atoms with Crippen LogP contribution in [0.4, 0.5) is 5.69 Å². The molecule has 1 aliphatic heterocycles. The minimum absolute atomic E-state index is 0.542. The molecular weight excluding hydrogens is 246 g/mol. The van der Waals surface area contributed by atoms with Crippen molar-refractivity contribution in [3.05, 3.63) is 24.3 Å². The Bertz CT molecular complexity index is 498. The van der Waals surface area contributed by atoms with Crippen LogP contribution in [0.3, 0.4) is 0 Å². The highest BCUT2D eigenvalue weighted by molar-refractivity contribution is 5.58. The minimum atomic E-state index is 0.542. The van der Waals surface area contributed by atoms with Gasteiger partial charge >= 0.3 is 0 Å². The smallest absolute Gasteiger partial charge is 0.142 e. The van der Waals surface area contributed by atoms with Gasteiger partial charge in [0.15, 0.2) is 0 Å². The van der Waals surface area contributed by atoms with Gasteiger partial charge in [0.1, 0.15) is 12.4 Å². The number of benzene rings is 1. The number of para-hydroxylation sites is 2. The maximum Gasteiger partial charge on any atom is 0.142 e. The van der Waals surface area contributed by atoms with E-state index in [1.54, 1.807) is 0 Å². The van der Waals surface area contributed by atoms with E-state index >= 15 is 0 Å². The van der Waals surface area contributed by atoms with Gasteiger partial charge in [-0.3, -0.25) is 0 Å². The third kappa shape index (κ3) is 1.63. The van der Waals surface area contributed by atoms with E-state index in [4.69, 9.17) is 4.74 Å². The Kier molecular flexibility index (Phi) is 2.39. The molecule has 4 fully saturated rings. The van der Waals surface area contributed by atoms with Gasteiger partial charge in [-0.1, -0.05) is 12.1 Å². The lowest BCUT2D eigenvalue weighted by Crippen LogP contribution is -2.53. The van der Waals surface area contributed by atoms with Gasteiger partial charge in [-0.05, 0) is 73.8 Å². The molecule has 0 saturated heterocycles. The average molecular weight is 269 g/mol. The first-order valence-corrected chi connectivity index (χ1v) is 8.35. The van der Waals surface area contributed by atoms with Crippen LogP contribution in [0.5, 0.6) is 5.75 Å². The molecule has 20 heavy (non-hydrogen) atoms. The van der Waals surface area contributed by atoms with Crippen molar-refractivity contribution < 1.29 is 4.74 Å². The molecule has 2 heteroatoms. The second kappa shape index (κ2) is 4.16. The Labute approximate surface area is 120 Å². The van der Waals surface area contributed by atoms with Crippen LogP contribution in [0.1, 0.15) is 32.1 Å². The van der Waals surface area contributed by atoms with Gasteiger partial charge in [0, 0.05) is 0 Å². The minimum Gasteiger partial charge on any atom is -0.489 e. The topological polar surface area (TPSA) is 21.3 Å². The Morgan fingerprint density at radius 2 is 1.60 bits per heavy atom. The summed E-state index contributed by atoms with van der Waals surface area (Å²) in [7, 11) is 0. The summed E-state index contributed by atoms with van der Waals surface area (Å²) in [5, 5.41) is 3.80. The number of nitrogens with one attached hydrogen (secondary N) is 1. The molecule has 0 amide bonds. The van der Waals surface area contributed by atoms with Gasteiger partial charge in [-0.15, -0.1) is 0 Å². The van der Waals surface area contributed by atoms with E-state index in [0.717, 1.165) is 41.9 Å². The van der Waals surface area contributed by atoms with Crippen LogP contribution >= 0.6 is 0 Å². The van der Waals surface area contributed by atoms with Crippen molar-refractivity contribution >= 4 is 5.69 Å². The number of hydrogen-bond donors (Lipinski definition) is 1. The predicted molar refractivity (Wildman–Crippen MR) is 79.9 cm³/mol. The summed E-state index contributed by atoms with van der Waals surface area (Å²) >= 11 is 0. The van der Waals surface area contributed by atoms with Gasteiger partial charge in [0.25, 0.3) is 0 Å². The van der Waals surface area contributed by atoms with Crippen molar-refractivity contribution in [1.29, 1.82) is 0 Å². The maximum absolute atomic E-state index is 6.03. The quantitative estimate of drug-likeness (QED) is 0.834. The fourth-order valence-corrected chi connectivity index (χ4v) is 5.96. The van der Waals surface area contributed by atoms with E-state index in [-0.39, 0.29) is 0 Å². The van der Waals surface area contributed by atoms with Crippen molar-refractivity contribution in [1.82, 2.24) is 0 Å². The highest BCUT2D eigenvalue weighted by Crippen LogP contribution is 2.57. The normalized spacial score (nSPS) is 44.6. The molecule has 1 atom stereocenters. The molecule has 0 radical (unpaired) electrons. The van der Waals surface area contributed by atoms with Crippen molar-refractivity contribution in [3.63, 3.8) is 0 Å². The van der Waals surface area contributed by atoms with Crippen LogP contribution in [0.2, 0.25) is 0 Å². The van der Waals surface area contributed by atoms with E-state index in [2.05, 4.69) is 29.6 Å². The van der Waals surface area contributed by atoms with Crippen LogP contribution in [-0.2, 0) is 0 Å². The van der Waals surface area contributed by atoms with Crippen molar-refractivity contribution in [2.24, 2.45) is 29.6 Å². The number of hydrogen-bond acceptors (Lipinski definition) is 2. The highest BCUT2D eigenvalue weighted by atomic mass is 16.5. The average Bonchev–Trinajstić information content (AvgIpc) is 2.46. The number of anilines is 1. The summed E-state index contributed by atoms with van der Waals surface area (Å²) in [6, 6.07) is 8.95. The van der Waals surface area contributed by atoms with E-state index in [0.29, 0.717) is 6.04 Å². The second-order valence-electron chi connectivity index (χ2n) is 7.57. The summed E-state index contributed by atoms with van der Waals surface area (Å²) in [5.74, 6) is 5.95. The first-order chi connectivity index (χ1) is 9.87. The zero-order valence-corrected chi connectivity index (χ0v) is 11.9. The molecule has 1 aromatic rings. The molecule has 1 aromatic carbocycles. The highest BCUT2D eigenvalue weighted by Gasteiger charge is 2.51. The third-order valence-corrected chi connectivity index (χ3v) is 6.41. The molecule has 4 bridgehead atoms. The molecule has 5 aliphatic rings. The van der Waals surface area contributed by atoms with Crippen molar-refractivity contribution in [2.45, 2.75) is 38.1 Å². The third-order valence-electron chi connectivity index (χ3n) is 6.41. The summed E-state index contributed by atoms with van der Waals surface area (Å²) in [6.07, 6.45) is 7.53. The predicted octanol–water partition coefficient (Wildman–Crippen LogP) is 3.93. The molecule has 1 N–H and O–H groups in total. The van der Waals surface area contributed by atoms with E-state index in [1.165, 1.54) is 37.8 Å². The molecular formula is C18H23NO. The van der Waals surface area contributed by atoms with Crippen molar-refractivity contribution in [3.8, 4) is 5.75 Å². The lowest BCUT2D eigenvalue weighted by atomic mass is 9.50. The molecule has 1 unspecified atom stereocenters. The summed E-state index contributed by atoms with van der Waals surface area (Å²) in [6.45, 7) is 0.865. The number of rotatable bonds is 1. The van der Waals surface area contributed by atoms with Crippen LogP contribution in [-0.4, -0.2) is 12.6 Å². The van der Waals surface area contributed by atoms with Gasteiger partial charge in [-0.25, -0.2) is 0 Å². The van der Waals surface area contributed by atoms with E-state index in [9.17, 15) is 0 Å². The van der Waals surface area contributed by atoms with Crippen LogP contribution < -0.4 is 10.1 Å². The molecule has 0 aromatic heterocycles. The summed E-state index contributed by atoms with van der Waals surface area (Å²) < 4.78 is 6.03. The zero-order valence-electron chi connectivity index (χ0n) is 11.9. The molecule has 1 heterocycles. The van der Waals surface area contributed by atoms with Crippen LogP contribution in [0.25, 0.3) is 0 Å². The number of ether oxygens (including phenoxy) is 1. The summed E-state index contributed by atoms with van der Waals surface area (Å²) in [4.78, 5) is 0. The monoisotopic (exact) mass is 269 g/mol. The SMILES string of the molecule is c1ccc2c(c1)NC(C1C3CC4CC(C3)CC1C4)CO2. The van der Waals surface area contributed by atoms with E-state index < -0.39 is 0 Å². The first kappa shape index (κ1) is 11.5. The lowest BCUT2D eigenvalue weighted by molar-refractivity contribution is -0.0495. The largest absolute Gasteiger partial charge is 0.489 e. The van der Waals surface area contributed by atoms with Crippen molar-refractivity contribution in [2.75, 3.05) is 11.9 Å². The molecule has 106 valence electrons. The molecule has 6 rings (SSSR count). The van der Waals surface area contributed by atoms with E-state index in [1.807, 2.05) is 0 Å². The maximum atomic E-state index is 6.03. The molecule has 4 aliphatic carbocycles. The molecule has 2 nitrogen and oxygen atoms in total. The Morgan fingerprint density at radius 3 is 2.35 bits per heavy atom. The fraction of sp³-hybridized carbons (Fsp3) is 0.667. The Morgan fingerprint density at radius 1 is 0.900 bits per heavy atom. The zero-order chi connectivity index (χ0) is 13.1. The molecule has 0 spiro atoms. The second-order valence-corrected chi connectivity index (χ2v) is 7.57. The number of fused-ring (bicyclic) bond motifs is 1. The van der Waals surface area contributed by atoms with Gasteiger partial charge < -0.3 is 10.1 Å². The first-order valence-electron chi connectivity index (χ1n) is 8.35. The molecule has 4 saturated carbocycles. The lowest BCUT2D eigenvalue weighted by Gasteiger charge is -2.56. The van der Waals surface area contributed by atoms with Gasteiger partial charge in [0.05, 0.1) is 11.7 Å². The van der Waals surface area contributed by atoms with Crippen LogP contribution in [0.15, 0.2) is 24.3 Å². The Balaban J connectivity index is 1.42. The van der Waals surface area contributed by atoms with Gasteiger partial charge in [0.2, 0.25) is 0 Å². The Hall–Kier alpha value is -1.18. The standard InChI is InChI=1S/C18H23NO/c1-2-4-17-15(3-1)19-16(10-20-17)18-13-6-11-5-12(8-13)9-14(18)7-11/h1-4,11-14,16,18-19H,5-10H2. The fourth-order valence-electron chi connectivity index (χ4n) is 5.96.